The number of nitrogens with zero attached hydrogens (tertiary/aromatic N) is 1. The van der Waals surface area contributed by atoms with Crippen LogP contribution in [0.5, 0.6) is 0 Å². The molecule has 0 heterocycles. The van der Waals surface area contributed by atoms with Crippen LogP contribution in [-0.4, -0.2) is 82.3 Å². The highest BCUT2D eigenvalue weighted by atomic mass is 16.7. The second-order valence-corrected chi connectivity index (χ2v) is 19.1. The summed E-state index contributed by atoms with van der Waals surface area (Å²) in [6.45, 7) is 4.58. The Morgan fingerprint density at radius 2 is 0.851 bits per heavy atom. The molecule has 0 rings (SSSR count). The summed E-state index contributed by atoms with van der Waals surface area (Å²) >= 11 is 0. The highest BCUT2D eigenvalue weighted by Crippen LogP contribution is 2.16. The van der Waals surface area contributed by atoms with Crippen LogP contribution in [0.4, 0.5) is 0 Å². The Bertz CT molecular complexity index is 1330. The lowest BCUT2D eigenvalue weighted by Crippen LogP contribution is -2.44. The summed E-state index contributed by atoms with van der Waals surface area (Å²) in [5, 5.41) is 11.7. The number of carboxylic acid groups (broad SMARTS) is 1. The lowest BCUT2D eigenvalue weighted by molar-refractivity contribution is -0.870. The molecule has 67 heavy (non-hydrogen) atoms. The first-order chi connectivity index (χ1) is 32.6. The second kappa shape index (κ2) is 49.2. The lowest BCUT2D eigenvalue weighted by Gasteiger charge is -2.26. The van der Waals surface area contributed by atoms with Gasteiger partial charge in [-0.1, -0.05) is 215 Å². The minimum atomic E-state index is -1.62. The Hall–Kier alpha value is -3.27. The number of ether oxygens (including phenoxy) is 4. The number of rotatable bonds is 49. The molecule has 0 amide bonds. The predicted octanol–water partition coefficient (Wildman–Crippen LogP) is 14.1. The van der Waals surface area contributed by atoms with Gasteiger partial charge in [-0.2, -0.15) is 0 Å². The second-order valence-electron chi connectivity index (χ2n) is 19.1. The van der Waals surface area contributed by atoms with Crippen LogP contribution in [0.25, 0.3) is 0 Å². The molecule has 0 saturated heterocycles. The van der Waals surface area contributed by atoms with Crippen molar-refractivity contribution < 1.29 is 42.9 Å². The summed E-state index contributed by atoms with van der Waals surface area (Å²) in [6.07, 6.45) is 59.9. The molecule has 2 atom stereocenters. The standard InChI is InChI=1S/C58H101NO8/c1-6-8-10-12-14-15-16-17-18-19-20-21-22-23-24-25-26-27-28-29-30-31-32-33-34-35-36-37-38-39-40-41-43-45-47-49-56(61)67-54(52-65-55(60)48-46-44-42-13-11-9-7-2)53-66-58(57(62)63)64-51-50-59(3,4)5/h8,10,14-15,17-18,20-21,23-24,26-27,54,58H,6-7,9,11-13,16,19,22,25,28-53H2,1-5H3/b10-8-,15-14-,18-17-,21-20-,24-23-,27-26-. The van der Waals surface area contributed by atoms with Crippen LogP contribution in [0.2, 0.25) is 0 Å². The van der Waals surface area contributed by atoms with E-state index in [1.54, 1.807) is 0 Å². The van der Waals surface area contributed by atoms with Gasteiger partial charge in [0.2, 0.25) is 0 Å². The molecule has 0 bridgehead atoms. The molecule has 0 N–H and O–H groups in total. The van der Waals surface area contributed by atoms with Crippen molar-refractivity contribution in [3.63, 3.8) is 0 Å². The molecule has 0 aromatic rings. The van der Waals surface area contributed by atoms with Gasteiger partial charge in [0, 0.05) is 12.8 Å². The van der Waals surface area contributed by atoms with Gasteiger partial charge in [0.05, 0.1) is 40.3 Å². The maximum Gasteiger partial charge on any atom is 0.306 e. The molecule has 0 aliphatic rings. The molecule has 0 aromatic carbocycles. The number of hydrogen-bond acceptors (Lipinski definition) is 8. The molecule has 0 aromatic heterocycles. The van der Waals surface area contributed by atoms with Gasteiger partial charge in [0.25, 0.3) is 0 Å². The van der Waals surface area contributed by atoms with E-state index in [1.807, 2.05) is 21.1 Å². The zero-order valence-corrected chi connectivity index (χ0v) is 43.8. The molecule has 9 heteroatoms. The highest BCUT2D eigenvalue weighted by molar-refractivity contribution is 5.70. The number of likely N-dealkylation sites (N-methyl/N-ethyl adjacent to an activating group) is 1. The van der Waals surface area contributed by atoms with Gasteiger partial charge in [-0.25, -0.2) is 0 Å². The molecule has 0 aliphatic heterocycles. The molecule has 0 aliphatic carbocycles. The molecular weight excluding hydrogens is 839 g/mol. The molecule has 2 unspecified atom stereocenters. The predicted molar refractivity (Wildman–Crippen MR) is 278 cm³/mol. The number of allylic oxidation sites excluding steroid dienone is 12. The van der Waals surface area contributed by atoms with Gasteiger partial charge in [-0.15, -0.1) is 0 Å². The summed E-state index contributed by atoms with van der Waals surface area (Å²) in [5.74, 6) is -2.29. The van der Waals surface area contributed by atoms with Gasteiger partial charge in [-0.05, 0) is 64.2 Å². The van der Waals surface area contributed by atoms with Crippen molar-refractivity contribution in [2.24, 2.45) is 0 Å². The number of hydrogen-bond donors (Lipinski definition) is 0. The van der Waals surface area contributed by atoms with Crippen molar-refractivity contribution in [2.75, 3.05) is 47.5 Å². The minimum Gasteiger partial charge on any atom is -0.545 e. The number of esters is 2. The summed E-state index contributed by atoms with van der Waals surface area (Å²) < 4.78 is 22.5. The van der Waals surface area contributed by atoms with E-state index in [-0.39, 0.29) is 32.2 Å². The summed E-state index contributed by atoms with van der Waals surface area (Å²) in [4.78, 5) is 36.9. The SMILES string of the molecule is CC/C=C\C/C=C\C/C=C\C/C=C\C/C=C\C/C=C\CCCCCCCCCCCCCCCCCCC(=O)OC(COC(=O)CCCCCCCCC)COC(OCC[N+](C)(C)C)C(=O)[O-]. The number of aliphatic carboxylic acids is 1. The van der Waals surface area contributed by atoms with Crippen molar-refractivity contribution in [1.29, 1.82) is 0 Å². The quantitative estimate of drug-likeness (QED) is 0.0195. The molecule has 0 spiro atoms. The fraction of sp³-hybridized carbons (Fsp3) is 0.741. The summed E-state index contributed by atoms with van der Waals surface area (Å²) in [5.41, 5.74) is 0. The summed E-state index contributed by atoms with van der Waals surface area (Å²) in [6, 6.07) is 0. The molecule has 9 nitrogen and oxygen atoms in total. The third kappa shape index (κ3) is 50.4. The fourth-order valence-corrected chi connectivity index (χ4v) is 7.30. The Kier molecular flexibility index (Phi) is 46.8. The largest absolute Gasteiger partial charge is 0.545 e. The van der Waals surface area contributed by atoms with Crippen LogP contribution >= 0.6 is 0 Å². The topological polar surface area (TPSA) is 111 Å². The van der Waals surface area contributed by atoms with Gasteiger partial charge in [0.1, 0.15) is 13.2 Å². The first-order valence-electron chi connectivity index (χ1n) is 27.1. The van der Waals surface area contributed by atoms with Crippen molar-refractivity contribution in [3.8, 4) is 0 Å². The third-order valence-electron chi connectivity index (χ3n) is 11.5. The smallest absolute Gasteiger partial charge is 0.306 e. The maximum absolute atomic E-state index is 12.8. The van der Waals surface area contributed by atoms with Crippen molar-refractivity contribution >= 4 is 17.9 Å². The Morgan fingerprint density at radius 1 is 0.463 bits per heavy atom. The van der Waals surface area contributed by atoms with E-state index in [1.165, 1.54) is 116 Å². The van der Waals surface area contributed by atoms with Crippen LogP contribution in [0.3, 0.4) is 0 Å². The van der Waals surface area contributed by atoms with Crippen LogP contribution in [0, 0.1) is 0 Å². The minimum absolute atomic E-state index is 0.147. The maximum atomic E-state index is 12.8. The van der Waals surface area contributed by atoms with Crippen LogP contribution in [0.15, 0.2) is 72.9 Å². The zero-order chi connectivity index (χ0) is 49.2. The van der Waals surface area contributed by atoms with Crippen LogP contribution < -0.4 is 5.11 Å². The molecule has 0 radical (unpaired) electrons. The first-order valence-corrected chi connectivity index (χ1v) is 27.1. The Morgan fingerprint density at radius 3 is 1.27 bits per heavy atom. The first kappa shape index (κ1) is 63.7. The molecule has 386 valence electrons. The van der Waals surface area contributed by atoms with Crippen molar-refractivity contribution in [1.82, 2.24) is 0 Å². The van der Waals surface area contributed by atoms with Crippen LogP contribution in [0.1, 0.15) is 219 Å². The Labute approximate surface area is 411 Å². The number of carbonyl (C=O) groups excluding carboxylic acids is 3. The molecule has 0 saturated carbocycles. The number of carbonyl (C=O) groups is 3. The molecular formula is C58H101NO8. The third-order valence-corrected chi connectivity index (χ3v) is 11.5. The number of unbranched alkanes of at least 4 members (excludes halogenated alkanes) is 22. The van der Waals surface area contributed by atoms with Gasteiger partial charge in [-0.3, -0.25) is 9.59 Å². The van der Waals surface area contributed by atoms with E-state index in [0.717, 1.165) is 70.6 Å². The van der Waals surface area contributed by atoms with E-state index in [4.69, 9.17) is 18.9 Å². The summed E-state index contributed by atoms with van der Waals surface area (Å²) in [7, 11) is 5.91. The van der Waals surface area contributed by atoms with Gasteiger partial charge >= 0.3 is 11.9 Å². The number of carboxylic acids is 1. The van der Waals surface area contributed by atoms with E-state index in [2.05, 4.69) is 86.8 Å². The number of quaternary nitrogens is 1. The van der Waals surface area contributed by atoms with Crippen molar-refractivity contribution in [2.45, 2.75) is 232 Å². The zero-order valence-electron chi connectivity index (χ0n) is 43.8. The van der Waals surface area contributed by atoms with E-state index in [0.29, 0.717) is 23.9 Å². The monoisotopic (exact) mass is 940 g/mol. The van der Waals surface area contributed by atoms with Gasteiger partial charge in [0.15, 0.2) is 12.4 Å². The van der Waals surface area contributed by atoms with Crippen LogP contribution in [-0.2, 0) is 33.3 Å². The average molecular weight is 940 g/mol. The normalized spacial score (nSPS) is 13.4. The van der Waals surface area contributed by atoms with E-state index in [9.17, 15) is 19.5 Å². The lowest BCUT2D eigenvalue weighted by atomic mass is 10.0. The van der Waals surface area contributed by atoms with E-state index >= 15 is 0 Å². The van der Waals surface area contributed by atoms with E-state index < -0.39 is 24.3 Å². The highest BCUT2D eigenvalue weighted by Gasteiger charge is 2.22. The fourth-order valence-electron chi connectivity index (χ4n) is 7.30. The molecule has 0 fully saturated rings. The van der Waals surface area contributed by atoms with Gasteiger partial charge < -0.3 is 33.3 Å². The Balaban J connectivity index is 3.99. The average Bonchev–Trinajstić information content (AvgIpc) is 3.29. The van der Waals surface area contributed by atoms with Crippen molar-refractivity contribution in [3.05, 3.63) is 72.9 Å².